The van der Waals surface area contributed by atoms with Crippen LogP contribution in [-0.4, -0.2) is 32.1 Å². The van der Waals surface area contributed by atoms with Gasteiger partial charge in [-0.1, -0.05) is 30.3 Å². The third-order valence-corrected chi connectivity index (χ3v) is 4.33. The minimum atomic E-state index is -0.994. The Morgan fingerprint density at radius 1 is 1.07 bits per heavy atom. The van der Waals surface area contributed by atoms with Gasteiger partial charge in [-0.15, -0.1) is 0 Å². The zero-order valence-electron chi connectivity index (χ0n) is 15.9. The smallest absolute Gasteiger partial charge is 0.331 e. The molecule has 3 rings (SSSR count). The highest BCUT2D eigenvalue weighted by Gasteiger charge is 2.30. The molecule has 2 aromatic carbocycles. The molecule has 28 heavy (non-hydrogen) atoms. The summed E-state index contributed by atoms with van der Waals surface area (Å²) in [4.78, 5) is 24.9. The molecule has 0 heterocycles. The van der Waals surface area contributed by atoms with E-state index in [2.05, 4.69) is 5.32 Å². The van der Waals surface area contributed by atoms with Crippen LogP contribution < -0.4 is 14.8 Å². The number of carbonyl (C=O) groups excluding carboxylic acids is 2. The second-order valence-corrected chi connectivity index (χ2v) is 6.45. The average molecular weight is 381 g/mol. The van der Waals surface area contributed by atoms with Crippen LogP contribution in [0.15, 0.2) is 54.6 Å². The van der Waals surface area contributed by atoms with Crippen molar-refractivity contribution < 1.29 is 23.8 Å². The van der Waals surface area contributed by atoms with Crippen LogP contribution in [0, 0.1) is 0 Å². The van der Waals surface area contributed by atoms with E-state index in [1.165, 1.54) is 6.08 Å². The van der Waals surface area contributed by atoms with Gasteiger partial charge in [0.25, 0.3) is 5.91 Å². The van der Waals surface area contributed by atoms with Crippen molar-refractivity contribution in [2.24, 2.45) is 0 Å². The first kappa shape index (κ1) is 19.5. The lowest BCUT2D eigenvalue weighted by molar-refractivity contribution is -0.151. The molecule has 6 heteroatoms. The Morgan fingerprint density at radius 2 is 1.82 bits per heavy atom. The van der Waals surface area contributed by atoms with Crippen LogP contribution in [0.25, 0.3) is 6.08 Å². The fraction of sp³-hybridized carbons (Fsp3) is 0.273. The van der Waals surface area contributed by atoms with Crippen molar-refractivity contribution >= 4 is 18.0 Å². The second-order valence-electron chi connectivity index (χ2n) is 6.45. The molecule has 0 bridgehead atoms. The molecule has 0 spiro atoms. The van der Waals surface area contributed by atoms with Gasteiger partial charge in [-0.25, -0.2) is 4.79 Å². The lowest BCUT2D eigenvalue weighted by Crippen LogP contribution is -2.33. The van der Waals surface area contributed by atoms with Crippen molar-refractivity contribution in [3.05, 3.63) is 65.7 Å². The minimum absolute atomic E-state index is 0.175. The van der Waals surface area contributed by atoms with Crippen molar-refractivity contribution in [3.8, 4) is 11.5 Å². The summed E-state index contributed by atoms with van der Waals surface area (Å²) in [5, 5.41) is 2.89. The molecule has 0 aromatic heterocycles. The Balaban J connectivity index is 1.74. The van der Waals surface area contributed by atoms with Crippen LogP contribution in [0.4, 0.5) is 0 Å². The maximum Gasteiger partial charge on any atom is 0.331 e. The highest BCUT2D eigenvalue weighted by Crippen LogP contribution is 2.26. The van der Waals surface area contributed by atoms with Crippen LogP contribution in [0.5, 0.6) is 11.5 Å². The zero-order chi connectivity index (χ0) is 19.9. The van der Waals surface area contributed by atoms with Crippen molar-refractivity contribution in [2.75, 3.05) is 14.2 Å². The van der Waals surface area contributed by atoms with Gasteiger partial charge in [0, 0.05) is 23.2 Å². The molecule has 1 aliphatic carbocycles. The molecule has 1 atom stereocenters. The number of rotatable bonds is 8. The Labute approximate surface area is 164 Å². The highest BCUT2D eigenvalue weighted by molar-refractivity contribution is 5.91. The number of hydrogen-bond donors (Lipinski definition) is 1. The topological polar surface area (TPSA) is 73.9 Å². The van der Waals surface area contributed by atoms with E-state index >= 15 is 0 Å². The van der Waals surface area contributed by atoms with Crippen LogP contribution in [0.3, 0.4) is 0 Å². The van der Waals surface area contributed by atoms with Gasteiger partial charge in [-0.3, -0.25) is 4.79 Å². The molecule has 1 amide bonds. The molecule has 1 saturated carbocycles. The van der Waals surface area contributed by atoms with Crippen LogP contribution in [-0.2, 0) is 14.3 Å². The van der Waals surface area contributed by atoms with Gasteiger partial charge in [-0.05, 0) is 37.1 Å². The summed E-state index contributed by atoms with van der Waals surface area (Å²) in [5.41, 5.74) is 1.29. The lowest BCUT2D eigenvalue weighted by Gasteiger charge is -2.17. The molecule has 2 aromatic rings. The highest BCUT2D eigenvalue weighted by atomic mass is 16.5. The van der Waals surface area contributed by atoms with E-state index < -0.39 is 12.1 Å². The van der Waals surface area contributed by atoms with Gasteiger partial charge >= 0.3 is 5.97 Å². The van der Waals surface area contributed by atoms with E-state index in [-0.39, 0.29) is 11.9 Å². The van der Waals surface area contributed by atoms with E-state index in [0.29, 0.717) is 22.6 Å². The first-order valence-corrected chi connectivity index (χ1v) is 9.06. The molecule has 146 valence electrons. The van der Waals surface area contributed by atoms with Crippen molar-refractivity contribution in [1.29, 1.82) is 0 Å². The Bertz CT molecular complexity index is 858. The number of benzene rings is 2. The summed E-state index contributed by atoms with van der Waals surface area (Å²) in [6, 6.07) is 14.4. The maximum atomic E-state index is 12.5. The molecular formula is C22H23NO5. The Hall–Kier alpha value is -3.28. The summed E-state index contributed by atoms with van der Waals surface area (Å²) < 4.78 is 16.0. The summed E-state index contributed by atoms with van der Waals surface area (Å²) in [5.74, 6) is 0.301. The number of carbonyl (C=O) groups is 2. The second kappa shape index (κ2) is 9.08. The molecule has 1 N–H and O–H groups in total. The van der Waals surface area contributed by atoms with Gasteiger partial charge in [0.1, 0.15) is 11.5 Å². The van der Waals surface area contributed by atoms with Crippen LogP contribution >= 0.6 is 0 Å². The summed E-state index contributed by atoms with van der Waals surface area (Å²) in [6.07, 6.45) is 3.77. The molecule has 6 nitrogen and oxygen atoms in total. The van der Waals surface area contributed by atoms with Gasteiger partial charge in [0.05, 0.1) is 14.2 Å². The fourth-order valence-corrected chi connectivity index (χ4v) is 2.69. The molecule has 0 aliphatic heterocycles. The normalized spacial score (nSPS) is 14.4. The number of nitrogens with one attached hydrogen (secondary N) is 1. The predicted molar refractivity (Wildman–Crippen MR) is 105 cm³/mol. The van der Waals surface area contributed by atoms with E-state index in [9.17, 15) is 9.59 Å². The molecular weight excluding hydrogens is 358 g/mol. The van der Waals surface area contributed by atoms with E-state index in [1.54, 1.807) is 62.8 Å². The SMILES string of the molecule is COc1ccc(OC)c(/C=C/C(=O)O[C@@H](C(=O)NC2CC2)c2ccccc2)c1. The fourth-order valence-electron chi connectivity index (χ4n) is 2.69. The number of ether oxygens (including phenoxy) is 3. The van der Waals surface area contributed by atoms with Crippen molar-refractivity contribution in [3.63, 3.8) is 0 Å². The first-order chi connectivity index (χ1) is 13.6. The quantitative estimate of drug-likeness (QED) is 0.561. The molecule has 0 radical (unpaired) electrons. The third kappa shape index (κ3) is 5.13. The number of amides is 1. The standard InChI is InChI=1S/C22H23NO5/c1-26-18-11-12-19(27-2)16(14-18)8-13-20(24)28-21(15-6-4-3-5-7-15)22(25)23-17-9-10-17/h3-8,11-14,17,21H,9-10H2,1-2H3,(H,23,25)/b13-8+/t21-/m1/s1. The molecule has 0 saturated heterocycles. The monoisotopic (exact) mass is 381 g/mol. The average Bonchev–Trinajstić information content (AvgIpc) is 3.54. The van der Waals surface area contributed by atoms with E-state index in [4.69, 9.17) is 14.2 Å². The van der Waals surface area contributed by atoms with Gasteiger partial charge in [0.2, 0.25) is 6.10 Å². The predicted octanol–water partition coefficient (Wildman–Crippen LogP) is 3.28. The zero-order valence-corrected chi connectivity index (χ0v) is 15.9. The maximum absolute atomic E-state index is 12.5. The number of methoxy groups -OCH3 is 2. The lowest BCUT2D eigenvalue weighted by atomic mass is 10.1. The van der Waals surface area contributed by atoms with E-state index in [0.717, 1.165) is 12.8 Å². The van der Waals surface area contributed by atoms with Gasteiger partial charge in [0.15, 0.2) is 0 Å². The van der Waals surface area contributed by atoms with Crippen LogP contribution in [0.2, 0.25) is 0 Å². The van der Waals surface area contributed by atoms with Gasteiger partial charge < -0.3 is 19.5 Å². The third-order valence-electron chi connectivity index (χ3n) is 4.33. The van der Waals surface area contributed by atoms with Crippen molar-refractivity contribution in [2.45, 2.75) is 25.0 Å². The minimum Gasteiger partial charge on any atom is -0.497 e. The number of hydrogen-bond acceptors (Lipinski definition) is 5. The Kier molecular flexibility index (Phi) is 6.32. The van der Waals surface area contributed by atoms with Gasteiger partial charge in [-0.2, -0.15) is 0 Å². The summed E-state index contributed by atoms with van der Waals surface area (Å²) >= 11 is 0. The summed E-state index contributed by atoms with van der Waals surface area (Å²) in [7, 11) is 3.11. The van der Waals surface area contributed by atoms with E-state index in [1.807, 2.05) is 6.07 Å². The molecule has 1 fully saturated rings. The largest absolute Gasteiger partial charge is 0.497 e. The molecule has 0 unspecified atom stereocenters. The van der Waals surface area contributed by atoms with Crippen molar-refractivity contribution in [1.82, 2.24) is 5.32 Å². The Morgan fingerprint density at radius 3 is 2.46 bits per heavy atom. The molecule has 1 aliphatic rings. The number of esters is 1. The summed E-state index contributed by atoms with van der Waals surface area (Å²) in [6.45, 7) is 0. The van der Waals surface area contributed by atoms with Crippen LogP contribution in [0.1, 0.15) is 30.1 Å². The first-order valence-electron chi connectivity index (χ1n) is 9.06.